The van der Waals surface area contributed by atoms with Crippen LogP contribution in [0.2, 0.25) is 0 Å². The Kier molecular flexibility index (Phi) is 4.65. The summed E-state index contributed by atoms with van der Waals surface area (Å²) in [4.78, 5) is 15.0. The van der Waals surface area contributed by atoms with Gasteiger partial charge < -0.3 is 9.64 Å². The summed E-state index contributed by atoms with van der Waals surface area (Å²) in [6.45, 7) is 1.19. The summed E-state index contributed by atoms with van der Waals surface area (Å²) in [6, 6.07) is 2.27. The van der Waals surface area contributed by atoms with Crippen LogP contribution in [0.4, 0.5) is 25.0 Å². The molecule has 1 aromatic carbocycles. The molecule has 1 atom stereocenters. The van der Waals surface area contributed by atoms with Gasteiger partial charge in [0, 0.05) is 36.8 Å². The summed E-state index contributed by atoms with van der Waals surface area (Å²) in [6.07, 6.45) is 3.10. The molecule has 4 heterocycles. The van der Waals surface area contributed by atoms with Gasteiger partial charge in [0.15, 0.2) is 21.5 Å². The van der Waals surface area contributed by atoms with Crippen molar-refractivity contribution >= 4 is 27.3 Å². The van der Waals surface area contributed by atoms with E-state index in [2.05, 4.69) is 10.3 Å². The molecule has 3 aliphatic heterocycles. The first kappa shape index (κ1) is 20.2. The normalized spacial score (nSPS) is 24.3. The van der Waals surface area contributed by atoms with Crippen molar-refractivity contribution in [1.29, 1.82) is 0 Å². The van der Waals surface area contributed by atoms with Crippen LogP contribution in [0.1, 0.15) is 12.8 Å². The fraction of sp³-hybridized carbons (Fsp3) is 0.526. The number of amides is 1. The Labute approximate surface area is 177 Å². The van der Waals surface area contributed by atoms with Gasteiger partial charge in [0.25, 0.3) is 0 Å². The van der Waals surface area contributed by atoms with Crippen molar-refractivity contribution in [2.45, 2.75) is 25.5 Å². The molecular formula is C19H21F2N5O4S. The molecule has 0 saturated carbocycles. The SMILES string of the molecule is O=C1O[C@@H](Cn2ccnn2)CN1c1cc(F)c(N2CCC3(CC2)CS(=O)(=O)C3)c(F)c1. The van der Waals surface area contributed by atoms with Gasteiger partial charge in [0.2, 0.25) is 0 Å². The van der Waals surface area contributed by atoms with E-state index >= 15 is 0 Å². The van der Waals surface area contributed by atoms with Crippen LogP contribution in [-0.4, -0.2) is 66.7 Å². The molecule has 0 radical (unpaired) electrons. The van der Waals surface area contributed by atoms with Crippen LogP contribution in [0.25, 0.3) is 0 Å². The summed E-state index contributed by atoms with van der Waals surface area (Å²) in [5, 5.41) is 7.51. The topological polar surface area (TPSA) is 97.6 Å². The molecule has 12 heteroatoms. The average molecular weight is 453 g/mol. The Morgan fingerprint density at radius 1 is 1.16 bits per heavy atom. The Balaban J connectivity index is 1.29. The highest BCUT2D eigenvalue weighted by molar-refractivity contribution is 7.92. The first-order valence-corrected chi connectivity index (χ1v) is 11.8. The predicted molar refractivity (Wildman–Crippen MR) is 107 cm³/mol. The minimum atomic E-state index is -2.95. The zero-order valence-corrected chi connectivity index (χ0v) is 17.4. The molecule has 1 aromatic heterocycles. The number of halogens is 2. The summed E-state index contributed by atoms with van der Waals surface area (Å²) >= 11 is 0. The number of hydrogen-bond donors (Lipinski definition) is 0. The number of rotatable bonds is 4. The van der Waals surface area contributed by atoms with E-state index in [0.717, 1.165) is 12.1 Å². The van der Waals surface area contributed by atoms with Crippen molar-refractivity contribution in [1.82, 2.24) is 15.0 Å². The van der Waals surface area contributed by atoms with E-state index < -0.39 is 33.7 Å². The number of carbonyl (C=O) groups is 1. The number of ether oxygens (including phenoxy) is 1. The van der Waals surface area contributed by atoms with E-state index in [-0.39, 0.29) is 41.4 Å². The van der Waals surface area contributed by atoms with Crippen molar-refractivity contribution in [2.24, 2.45) is 5.41 Å². The molecule has 31 heavy (non-hydrogen) atoms. The van der Waals surface area contributed by atoms with E-state index in [4.69, 9.17) is 4.74 Å². The lowest BCUT2D eigenvalue weighted by Gasteiger charge is -2.47. The third-order valence-electron chi connectivity index (χ3n) is 6.24. The van der Waals surface area contributed by atoms with Crippen LogP contribution in [0.5, 0.6) is 0 Å². The first-order chi connectivity index (χ1) is 14.7. The van der Waals surface area contributed by atoms with Gasteiger partial charge in [-0.25, -0.2) is 26.7 Å². The number of piperidine rings is 1. The molecule has 3 saturated heterocycles. The quantitative estimate of drug-likeness (QED) is 0.694. The first-order valence-electron chi connectivity index (χ1n) is 10.0. The summed E-state index contributed by atoms with van der Waals surface area (Å²) in [7, 11) is -2.95. The molecule has 5 rings (SSSR count). The van der Waals surface area contributed by atoms with Crippen LogP contribution in [-0.2, 0) is 21.1 Å². The van der Waals surface area contributed by atoms with Gasteiger partial charge in [-0.3, -0.25) is 4.90 Å². The number of benzene rings is 1. The number of nitrogens with zero attached hydrogens (tertiary/aromatic N) is 5. The molecular weight excluding hydrogens is 432 g/mol. The number of carbonyl (C=O) groups excluding carboxylic acids is 1. The molecule has 1 amide bonds. The minimum Gasteiger partial charge on any atom is -0.442 e. The van der Waals surface area contributed by atoms with Gasteiger partial charge in [-0.15, -0.1) is 5.10 Å². The second kappa shape index (κ2) is 7.14. The maximum atomic E-state index is 14.9. The molecule has 3 aliphatic rings. The van der Waals surface area contributed by atoms with E-state index in [9.17, 15) is 22.0 Å². The fourth-order valence-electron chi connectivity index (χ4n) is 4.76. The van der Waals surface area contributed by atoms with E-state index in [1.165, 1.54) is 15.8 Å². The highest BCUT2D eigenvalue weighted by atomic mass is 32.2. The third-order valence-corrected chi connectivity index (χ3v) is 8.35. The summed E-state index contributed by atoms with van der Waals surface area (Å²) in [5.74, 6) is -1.21. The molecule has 3 fully saturated rings. The average Bonchev–Trinajstić information content (AvgIpc) is 3.31. The molecule has 1 spiro atoms. The van der Waals surface area contributed by atoms with Crippen molar-refractivity contribution in [3.63, 3.8) is 0 Å². The monoisotopic (exact) mass is 453 g/mol. The smallest absolute Gasteiger partial charge is 0.414 e. The van der Waals surface area contributed by atoms with Gasteiger partial charge in [-0.05, 0) is 12.8 Å². The van der Waals surface area contributed by atoms with Crippen LogP contribution < -0.4 is 9.80 Å². The van der Waals surface area contributed by atoms with Gasteiger partial charge in [0.1, 0.15) is 11.8 Å². The number of cyclic esters (lactones) is 1. The van der Waals surface area contributed by atoms with Crippen LogP contribution in [0, 0.1) is 17.0 Å². The van der Waals surface area contributed by atoms with Crippen LogP contribution >= 0.6 is 0 Å². The number of aromatic nitrogens is 3. The van der Waals surface area contributed by atoms with Gasteiger partial charge >= 0.3 is 6.09 Å². The van der Waals surface area contributed by atoms with Crippen LogP contribution in [0.3, 0.4) is 0 Å². The highest BCUT2D eigenvalue weighted by Crippen LogP contribution is 2.44. The van der Waals surface area contributed by atoms with Crippen molar-refractivity contribution in [3.8, 4) is 0 Å². The fourth-order valence-corrected chi connectivity index (χ4v) is 7.12. The third kappa shape index (κ3) is 3.73. The number of anilines is 2. The second-order valence-electron chi connectivity index (χ2n) is 8.52. The van der Waals surface area contributed by atoms with Gasteiger partial charge in [-0.2, -0.15) is 0 Å². The largest absolute Gasteiger partial charge is 0.442 e. The van der Waals surface area contributed by atoms with E-state index in [1.807, 2.05) is 0 Å². The highest BCUT2D eigenvalue weighted by Gasteiger charge is 2.49. The molecule has 2 aromatic rings. The van der Waals surface area contributed by atoms with Gasteiger partial charge in [-0.1, -0.05) is 5.21 Å². The molecule has 0 aliphatic carbocycles. The van der Waals surface area contributed by atoms with Crippen molar-refractivity contribution in [2.75, 3.05) is 40.9 Å². The minimum absolute atomic E-state index is 0.0865. The Morgan fingerprint density at radius 3 is 2.42 bits per heavy atom. The molecule has 0 bridgehead atoms. The van der Waals surface area contributed by atoms with Crippen LogP contribution in [0.15, 0.2) is 24.5 Å². The standard InChI is InChI=1S/C19H21F2N5O4S/c20-15-7-13(26-10-14(30-18(26)27)9-25-6-3-22-23-25)8-16(21)17(15)24-4-1-19(2-5-24)11-31(28,29)12-19/h3,6-8,14H,1-2,4-5,9-12H2/t14-/m0/s1. The molecule has 0 N–H and O–H groups in total. The van der Waals surface area contributed by atoms with E-state index in [1.54, 1.807) is 11.1 Å². The maximum Gasteiger partial charge on any atom is 0.414 e. The number of hydrogen-bond acceptors (Lipinski definition) is 7. The van der Waals surface area contributed by atoms with Crippen molar-refractivity contribution in [3.05, 3.63) is 36.2 Å². The lowest BCUT2D eigenvalue weighted by molar-refractivity contribution is 0.129. The Hall–Kier alpha value is -2.76. The summed E-state index contributed by atoms with van der Waals surface area (Å²) < 4.78 is 59.7. The predicted octanol–water partition coefficient (Wildman–Crippen LogP) is 1.60. The molecule has 9 nitrogen and oxygen atoms in total. The zero-order valence-electron chi connectivity index (χ0n) is 16.6. The van der Waals surface area contributed by atoms with E-state index in [0.29, 0.717) is 25.9 Å². The Morgan fingerprint density at radius 2 is 1.84 bits per heavy atom. The summed E-state index contributed by atoms with van der Waals surface area (Å²) in [5.41, 5.74) is -0.309. The zero-order chi connectivity index (χ0) is 21.8. The Bertz CT molecular complexity index is 1080. The maximum absolute atomic E-state index is 14.9. The lowest BCUT2D eigenvalue weighted by atomic mass is 9.81. The van der Waals surface area contributed by atoms with Gasteiger partial charge in [0.05, 0.1) is 36.5 Å². The molecule has 0 unspecified atom stereocenters. The molecule has 166 valence electrons. The lowest BCUT2D eigenvalue weighted by Crippen LogP contribution is -2.54. The van der Waals surface area contributed by atoms with Crippen molar-refractivity contribution < 1.29 is 26.7 Å². The number of sulfone groups is 1. The second-order valence-corrected chi connectivity index (χ2v) is 10.6.